The van der Waals surface area contributed by atoms with Crippen LogP contribution in [-0.2, 0) is 4.79 Å². The van der Waals surface area contributed by atoms with Gasteiger partial charge >= 0.3 is 6.03 Å². The summed E-state index contributed by atoms with van der Waals surface area (Å²) >= 11 is 0. The summed E-state index contributed by atoms with van der Waals surface area (Å²) < 4.78 is 15.9. The second-order valence-corrected chi connectivity index (χ2v) is 6.40. The van der Waals surface area contributed by atoms with Crippen LogP contribution in [0.4, 0.5) is 16.2 Å². The molecule has 0 atom stereocenters. The third kappa shape index (κ3) is 4.71. The van der Waals surface area contributed by atoms with E-state index in [1.54, 1.807) is 61.6 Å². The van der Waals surface area contributed by atoms with Gasteiger partial charge in [0.05, 0.1) is 20.8 Å². The molecule has 29 heavy (non-hydrogen) atoms. The minimum Gasteiger partial charge on any atom is -0.494 e. The zero-order valence-electron chi connectivity index (χ0n) is 16.8. The van der Waals surface area contributed by atoms with Crippen LogP contribution in [0.25, 0.3) is 0 Å². The van der Waals surface area contributed by atoms with E-state index >= 15 is 0 Å². The molecular formula is C21H25N3O5. The Morgan fingerprint density at radius 2 is 1.76 bits per heavy atom. The Balaban J connectivity index is 1.60. The molecule has 2 aromatic rings. The number of urea groups is 1. The molecule has 0 aromatic heterocycles. The van der Waals surface area contributed by atoms with E-state index in [1.807, 2.05) is 6.92 Å². The van der Waals surface area contributed by atoms with Gasteiger partial charge < -0.3 is 24.4 Å². The van der Waals surface area contributed by atoms with Crippen LogP contribution >= 0.6 is 0 Å². The van der Waals surface area contributed by atoms with E-state index in [-0.39, 0.29) is 18.5 Å². The first-order valence-electron chi connectivity index (χ1n) is 9.37. The van der Waals surface area contributed by atoms with E-state index in [4.69, 9.17) is 14.2 Å². The van der Waals surface area contributed by atoms with E-state index in [2.05, 4.69) is 5.32 Å². The first-order valence-corrected chi connectivity index (χ1v) is 9.37. The van der Waals surface area contributed by atoms with Crippen LogP contribution in [0, 0.1) is 0 Å². The second-order valence-electron chi connectivity index (χ2n) is 6.40. The highest BCUT2D eigenvalue weighted by Gasteiger charge is 2.31. The third-order valence-electron chi connectivity index (χ3n) is 4.56. The SMILES string of the molecule is CCOc1ccc(NC(=O)CN2CCN(c3ccc(OC)c(OC)c3)C2=O)cc1. The maximum atomic E-state index is 12.7. The molecule has 0 bridgehead atoms. The average Bonchev–Trinajstić information content (AvgIpc) is 3.09. The van der Waals surface area contributed by atoms with Gasteiger partial charge in [0.2, 0.25) is 5.91 Å². The lowest BCUT2D eigenvalue weighted by molar-refractivity contribution is -0.116. The molecule has 2 aromatic carbocycles. The van der Waals surface area contributed by atoms with Gasteiger partial charge in [-0.2, -0.15) is 0 Å². The zero-order valence-corrected chi connectivity index (χ0v) is 16.8. The summed E-state index contributed by atoms with van der Waals surface area (Å²) in [5.74, 6) is 1.63. The number of anilines is 2. The van der Waals surface area contributed by atoms with Gasteiger partial charge in [0, 0.05) is 30.5 Å². The van der Waals surface area contributed by atoms with Crippen LogP contribution in [0.5, 0.6) is 17.2 Å². The lowest BCUT2D eigenvalue weighted by Crippen LogP contribution is -2.37. The Morgan fingerprint density at radius 3 is 2.41 bits per heavy atom. The number of carbonyl (C=O) groups is 2. The van der Waals surface area contributed by atoms with Gasteiger partial charge in [0.15, 0.2) is 11.5 Å². The maximum Gasteiger partial charge on any atom is 0.325 e. The topological polar surface area (TPSA) is 80.3 Å². The summed E-state index contributed by atoms with van der Waals surface area (Å²) in [6.45, 7) is 3.43. The molecule has 1 N–H and O–H groups in total. The Morgan fingerprint density at radius 1 is 1.03 bits per heavy atom. The molecule has 8 heteroatoms. The van der Waals surface area contributed by atoms with Crippen LogP contribution < -0.4 is 24.4 Å². The van der Waals surface area contributed by atoms with Crippen molar-refractivity contribution < 1.29 is 23.8 Å². The zero-order chi connectivity index (χ0) is 20.8. The summed E-state index contributed by atoms with van der Waals surface area (Å²) in [7, 11) is 3.11. The van der Waals surface area contributed by atoms with Gasteiger partial charge in [-0.25, -0.2) is 4.79 Å². The number of nitrogens with one attached hydrogen (secondary N) is 1. The molecule has 1 fully saturated rings. The highest BCUT2D eigenvalue weighted by atomic mass is 16.5. The van der Waals surface area contributed by atoms with Crippen molar-refractivity contribution in [3.8, 4) is 17.2 Å². The van der Waals surface area contributed by atoms with Gasteiger partial charge in [0.1, 0.15) is 12.3 Å². The Hall–Kier alpha value is -3.42. The number of amides is 3. The number of hydrogen-bond acceptors (Lipinski definition) is 5. The molecule has 8 nitrogen and oxygen atoms in total. The van der Waals surface area contributed by atoms with E-state index in [0.717, 1.165) is 5.75 Å². The van der Waals surface area contributed by atoms with Gasteiger partial charge in [0.25, 0.3) is 0 Å². The number of hydrogen-bond donors (Lipinski definition) is 1. The molecule has 1 saturated heterocycles. The van der Waals surface area contributed by atoms with Gasteiger partial charge in [-0.05, 0) is 43.3 Å². The Bertz CT molecular complexity index is 869. The van der Waals surface area contributed by atoms with Crippen molar-refractivity contribution >= 4 is 23.3 Å². The van der Waals surface area contributed by atoms with Gasteiger partial charge in [-0.3, -0.25) is 9.69 Å². The second kappa shape index (κ2) is 9.18. The number of ether oxygens (including phenoxy) is 3. The first kappa shape index (κ1) is 20.3. The standard InChI is InChI=1S/C21H25N3O5/c1-4-29-17-8-5-15(6-9-17)22-20(25)14-23-11-12-24(21(23)26)16-7-10-18(27-2)19(13-16)28-3/h5-10,13H,4,11-12,14H2,1-3H3,(H,22,25). The van der Waals surface area contributed by atoms with Gasteiger partial charge in [-0.1, -0.05) is 0 Å². The van der Waals surface area contributed by atoms with Crippen molar-refractivity contribution in [2.45, 2.75) is 6.92 Å². The third-order valence-corrected chi connectivity index (χ3v) is 4.56. The minimum absolute atomic E-state index is 0.0180. The monoisotopic (exact) mass is 399 g/mol. The van der Waals surface area contributed by atoms with E-state index in [1.165, 1.54) is 4.90 Å². The summed E-state index contributed by atoms with van der Waals surface area (Å²) in [6.07, 6.45) is 0. The Labute approximate surface area is 170 Å². The van der Waals surface area contributed by atoms with Crippen LogP contribution in [0.3, 0.4) is 0 Å². The molecule has 3 amide bonds. The molecule has 0 radical (unpaired) electrons. The molecule has 154 valence electrons. The van der Waals surface area contributed by atoms with E-state index in [0.29, 0.717) is 42.6 Å². The van der Waals surface area contributed by atoms with Crippen molar-refractivity contribution in [3.05, 3.63) is 42.5 Å². The molecule has 1 aliphatic heterocycles. The summed E-state index contributed by atoms with van der Waals surface area (Å²) in [6, 6.07) is 12.2. The summed E-state index contributed by atoms with van der Waals surface area (Å²) in [4.78, 5) is 28.2. The van der Waals surface area contributed by atoms with Crippen molar-refractivity contribution in [1.82, 2.24) is 4.90 Å². The van der Waals surface area contributed by atoms with Crippen LogP contribution in [-0.4, -0.2) is 57.3 Å². The number of carbonyl (C=O) groups excluding carboxylic acids is 2. The predicted molar refractivity (Wildman–Crippen MR) is 110 cm³/mol. The quantitative estimate of drug-likeness (QED) is 0.738. The minimum atomic E-state index is -0.253. The summed E-state index contributed by atoms with van der Waals surface area (Å²) in [5, 5.41) is 2.80. The molecule has 0 spiro atoms. The maximum absolute atomic E-state index is 12.7. The molecule has 3 rings (SSSR count). The number of nitrogens with zero attached hydrogens (tertiary/aromatic N) is 2. The van der Waals surface area contributed by atoms with Gasteiger partial charge in [-0.15, -0.1) is 0 Å². The van der Waals surface area contributed by atoms with Crippen molar-refractivity contribution in [1.29, 1.82) is 0 Å². The average molecular weight is 399 g/mol. The molecule has 0 saturated carbocycles. The van der Waals surface area contributed by atoms with Crippen molar-refractivity contribution in [3.63, 3.8) is 0 Å². The Kier molecular flexibility index (Phi) is 6.43. The van der Waals surface area contributed by atoms with Crippen molar-refractivity contribution in [2.75, 3.05) is 50.7 Å². The largest absolute Gasteiger partial charge is 0.494 e. The molecule has 0 unspecified atom stereocenters. The number of rotatable bonds is 8. The fraction of sp³-hybridized carbons (Fsp3) is 0.333. The predicted octanol–water partition coefficient (Wildman–Crippen LogP) is 2.98. The fourth-order valence-corrected chi connectivity index (χ4v) is 3.14. The van der Waals surface area contributed by atoms with Crippen molar-refractivity contribution in [2.24, 2.45) is 0 Å². The van der Waals surface area contributed by atoms with Crippen LogP contribution in [0.1, 0.15) is 6.92 Å². The smallest absolute Gasteiger partial charge is 0.325 e. The summed E-state index contributed by atoms with van der Waals surface area (Å²) in [5.41, 5.74) is 1.35. The lowest BCUT2D eigenvalue weighted by Gasteiger charge is -2.19. The molecular weight excluding hydrogens is 374 g/mol. The lowest BCUT2D eigenvalue weighted by atomic mass is 10.2. The van der Waals surface area contributed by atoms with E-state index in [9.17, 15) is 9.59 Å². The van der Waals surface area contributed by atoms with E-state index < -0.39 is 0 Å². The first-order chi connectivity index (χ1) is 14.0. The molecule has 1 aliphatic rings. The van der Waals surface area contributed by atoms with Crippen LogP contribution in [0.2, 0.25) is 0 Å². The molecule has 1 heterocycles. The fourth-order valence-electron chi connectivity index (χ4n) is 3.14. The molecule has 0 aliphatic carbocycles. The number of benzene rings is 2. The number of methoxy groups -OCH3 is 2. The highest BCUT2D eigenvalue weighted by molar-refractivity contribution is 5.99. The highest BCUT2D eigenvalue weighted by Crippen LogP contribution is 2.32. The normalized spacial score (nSPS) is 13.4. The van der Waals surface area contributed by atoms with Crippen LogP contribution in [0.15, 0.2) is 42.5 Å².